The Labute approximate surface area is 157 Å². The van der Waals surface area contributed by atoms with Crippen molar-refractivity contribution in [1.82, 2.24) is 20.2 Å². The van der Waals surface area contributed by atoms with Gasteiger partial charge in [-0.3, -0.25) is 15.1 Å². The van der Waals surface area contributed by atoms with E-state index in [9.17, 15) is 0 Å². The minimum Gasteiger partial charge on any atom is -0.281 e. The molecular weight excluding hydrogens is 348 g/mol. The van der Waals surface area contributed by atoms with E-state index in [2.05, 4.69) is 38.4 Å². The third kappa shape index (κ3) is 6.55. The number of nitrogens with one attached hydrogen (secondary N) is 1. The first-order chi connectivity index (χ1) is 12.4. The van der Waals surface area contributed by atoms with Gasteiger partial charge in [0.15, 0.2) is 0 Å². The van der Waals surface area contributed by atoms with Crippen molar-refractivity contribution in [1.29, 1.82) is 0 Å². The fourth-order valence-corrected chi connectivity index (χ4v) is 4.08. The first kappa shape index (κ1) is 18.0. The lowest BCUT2D eigenvalue weighted by atomic mass is 10.3. The predicted octanol–water partition coefficient (Wildman–Crippen LogP) is 4.15. The molecule has 3 aromatic rings. The summed E-state index contributed by atoms with van der Waals surface area (Å²) < 4.78 is 0. The number of nitrogens with zero attached hydrogens (tertiary/aromatic N) is 3. The van der Waals surface area contributed by atoms with Gasteiger partial charge in [-0.1, -0.05) is 12.1 Å². The normalized spacial score (nSPS) is 10.9. The highest BCUT2D eigenvalue weighted by Gasteiger charge is 2.03. The topological polar surface area (TPSA) is 54.5 Å². The van der Waals surface area contributed by atoms with Crippen LogP contribution in [0.3, 0.4) is 0 Å². The fraction of sp³-hybridized carbons (Fsp3) is 0.316. The summed E-state index contributed by atoms with van der Waals surface area (Å²) in [6, 6.07) is 14.3. The largest absolute Gasteiger partial charge is 0.281 e. The van der Waals surface area contributed by atoms with Crippen LogP contribution in [-0.4, -0.2) is 31.7 Å². The maximum Gasteiger partial charge on any atom is 0.0724 e. The average Bonchev–Trinajstić information content (AvgIpc) is 3.12. The highest BCUT2D eigenvalue weighted by Crippen LogP contribution is 2.16. The Hall–Kier alpha value is -1.79. The molecule has 0 saturated carbocycles. The number of hydrogen-bond acceptors (Lipinski definition) is 5. The molecule has 3 heterocycles. The summed E-state index contributed by atoms with van der Waals surface area (Å²) in [5.74, 6) is 4.06. The Morgan fingerprint density at radius 1 is 0.760 bits per heavy atom. The van der Waals surface area contributed by atoms with Crippen LogP contribution in [0.5, 0.6) is 0 Å². The molecule has 3 rings (SSSR count). The second-order valence-electron chi connectivity index (χ2n) is 5.63. The van der Waals surface area contributed by atoms with Crippen LogP contribution < -0.4 is 0 Å². The van der Waals surface area contributed by atoms with Gasteiger partial charge in [-0.2, -0.15) is 28.6 Å². The van der Waals surface area contributed by atoms with E-state index in [0.717, 1.165) is 52.9 Å². The zero-order valence-electron chi connectivity index (χ0n) is 14.1. The number of aromatic amines is 1. The molecular formula is C19H22N4S2. The van der Waals surface area contributed by atoms with Crippen molar-refractivity contribution in [3.8, 4) is 0 Å². The number of pyridine rings is 2. The summed E-state index contributed by atoms with van der Waals surface area (Å²) in [4.78, 5) is 8.70. The number of rotatable bonds is 10. The Bertz CT molecular complexity index is 669. The summed E-state index contributed by atoms with van der Waals surface area (Å²) in [6.07, 6.45) is 5.72. The highest BCUT2D eigenvalue weighted by molar-refractivity contribution is 7.98. The Morgan fingerprint density at radius 3 is 2.00 bits per heavy atom. The molecule has 0 spiro atoms. The number of H-pyrrole nitrogens is 1. The molecule has 0 saturated heterocycles. The third-order valence-corrected chi connectivity index (χ3v) is 5.65. The van der Waals surface area contributed by atoms with Gasteiger partial charge in [-0.25, -0.2) is 0 Å². The summed E-state index contributed by atoms with van der Waals surface area (Å²) in [6.45, 7) is 0. The lowest BCUT2D eigenvalue weighted by Crippen LogP contribution is -1.92. The van der Waals surface area contributed by atoms with Crippen molar-refractivity contribution >= 4 is 23.5 Å². The van der Waals surface area contributed by atoms with E-state index in [1.165, 1.54) is 5.69 Å². The smallest absolute Gasteiger partial charge is 0.0724 e. The van der Waals surface area contributed by atoms with Crippen LogP contribution in [0.4, 0.5) is 0 Å². The van der Waals surface area contributed by atoms with E-state index >= 15 is 0 Å². The van der Waals surface area contributed by atoms with Crippen molar-refractivity contribution in [3.63, 3.8) is 0 Å². The Morgan fingerprint density at radius 2 is 1.40 bits per heavy atom. The fourth-order valence-electron chi connectivity index (χ4n) is 2.36. The Balaban J connectivity index is 1.30. The first-order valence-electron chi connectivity index (χ1n) is 8.38. The molecule has 0 atom stereocenters. The molecule has 130 valence electrons. The molecule has 0 unspecified atom stereocenters. The SMILES string of the molecule is c1ccc(CCSCc2cc(CSCCc3ccccn3)[nH]n2)nc1. The van der Waals surface area contributed by atoms with Crippen LogP contribution in [0.25, 0.3) is 0 Å². The van der Waals surface area contributed by atoms with Crippen LogP contribution in [0.15, 0.2) is 54.9 Å². The van der Waals surface area contributed by atoms with Crippen LogP contribution in [0.1, 0.15) is 22.8 Å². The molecule has 0 aromatic carbocycles. The molecule has 0 radical (unpaired) electrons. The van der Waals surface area contributed by atoms with Crippen LogP contribution in [-0.2, 0) is 24.3 Å². The minimum absolute atomic E-state index is 0.946. The van der Waals surface area contributed by atoms with Crippen molar-refractivity contribution < 1.29 is 0 Å². The zero-order chi connectivity index (χ0) is 17.2. The van der Waals surface area contributed by atoms with Gasteiger partial charge in [0.05, 0.1) is 5.69 Å². The second kappa shape index (κ2) is 10.3. The molecule has 25 heavy (non-hydrogen) atoms. The van der Waals surface area contributed by atoms with E-state index in [1.54, 1.807) is 0 Å². The monoisotopic (exact) mass is 370 g/mol. The molecule has 0 fully saturated rings. The number of thioether (sulfide) groups is 2. The second-order valence-corrected chi connectivity index (χ2v) is 7.84. The summed E-state index contributed by atoms with van der Waals surface area (Å²) in [5, 5.41) is 7.56. The Kier molecular flexibility index (Phi) is 7.39. The van der Waals surface area contributed by atoms with Crippen molar-refractivity contribution in [2.75, 3.05) is 11.5 Å². The van der Waals surface area contributed by atoms with Gasteiger partial charge in [-0.15, -0.1) is 0 Å². The number of aryl methyl sites for hydroxylation is 2. The van der Waals surface area contributed by atoms with Gasteiger partial charge in [-0.05, 0) is 54.7 Å². The van der Waals surface area contributed by atoms with E-state index in [-0.39, 0.29) is 0 Å². The van der Waals surface area contributed by atoms with E-state index in [1.807, 2.05) is 60.2 Å². The first-order valence-corrected chi connectivity index (χ1v) is 10.7. The molecule has 1 N–H and O–H groups in total. The maximum atomic E-state index is 4.41. The molecule has 0 bridgehead atoms. The molecule has 0 amide bonds. The van der Waals surface area contributed by atoms with Gasteiger partial charge in [0.2, 0.25) is 0 Å². The van der Waals surface area contributed by atoms with Gasteiger partial charge in [0, 0.05) is 41.0 Å². The van der Waals surface area contributed by atoms with Crippen molar-refractivity contribution in [3.05, 3.63) is 77.6 Å². The summed E-state index contributed by atoms with van der Waals surface area (Å²) in [5.41, 5.74) is 4.64. The highest BCUT2D eigenvalue weighted by atomic mass is 32.2. The third-order valence-electron chi connectivity index (χ3n) is 3.65. The van der Waals surface area contributed by atoms with Crippen LogP contribution >= 0.6 is 23.5 Å². The standard InChI is InChI=1S/C19H22N4S2/c1-3-9-20-16(5-1)7-11-24-14-18-13-19(23-22-18)15-25-12-8-17-6-2-4-10-21-17/h1-6,9-10,13H,7-8,11-12,14-15H2,(H,22,23). The minimum atomic E-state index is 0.946. The van der Waals surface area contributed by atoms with Crippen molar-refractivity contribution in [2.45, 2.75) is 24.3 Å². The number of aromatic nitrogens is 4. The maximum absolute atomic E-state index is 4.41. The van der Waals surface area contributed by atoms with Gasteiger partial charge in [0.1, 0.15) is 0 Å². The van der Waals surface area contributed by atoms with Gasteiger partial charge in [0.25, 0.3) is 0 Å². The van der Waals surface area contributed by atoms with Crippen LogP contribution in [0, 0.1) is 0 Å². The van der Waals surface area contributed by atoms with Gasteiger partial charge >= 0.3 is 0 Å². The van der Waals surface area contributed by atoms with E-state index in [4.69, 9.17) is 0 Å². The van der Waals surface area contributed by atoms with Gasteiger partial charge < -0.3 is 0 Å². The average molecular weight is 371 g/mol. The lowest BCUT2D eigenvalue weighted by Gasteiger charge is -2.00. The molecule has 0 aliphatic heterocycles. The molecule has 3 aromatic heterocycles. The zero-order valence-corrected chi connectivity index (χ0v) is 15.7. The molecule has 0 aliphatic rings. The molecule has 4 nitrogen and oxygen atoms in total. The van der Waals surface area contributed by atoms with E-state index < -0.39 is 0 Å². The van der Waals surface area contributed by atoms with Crippen LogP contribution in [0.2, 0.25) is 0 Å². The summed E-state index contributed by atoms with van der Waals surface area (Å²) >= 11 is 3.82. The lowest BCUT2D eigenvalue weighted by molar-refractivity contribution is 0.998. The number of hydrogen-bond donors (Lipinski definition) is 1. The molecule has 6 heteroatoms. The van der Waals surface area contributed by atoms with E-state index in [0.29, 0.717) is 0 Å². The summed E-state index contributed by atoms with van der Waals surface area (Å²) in [7, 11) is 0. The quantitative estimate of drug-likeness (QED) is 0.543. The van der Waals surface area contributed by atoms with Crippen molar-refractivity contribution in [2.24, 2.45) is 0 Å². The predicted molar refractivity (Wildman–Crippen MR) is 107 cm³/mol. The molecule has 0 aliphatic carbocycles.